The van der Waals surface area contributed by atoms with Crippen LogP contribution >= 0.6 is 0 Å². The third-order valence-electron chi connectivity index (χ3n) is 3.51. The minimum Gasteiger partial charge on any atom is -0.393 e. The van der Waals surface area contributed by atoms with Gasteiger partial charge in [-0.1, -0.05) is 34.6 Å². The number of carbonyl (C=O) groups excluding carboxylic acids is 2. The van der Waals surface area contributed by atoms with Crippen LogP contribution in [0.4, 0.5) is 0 Å². The Morgan fingerprint density at radius 3 is 2.00 bits per heavy atom. The zero-order valence-electron chi connectivity index (χ0n) is 13.7. The van der Waals surface area contributed by atoms with Gasteiger partial charge in [0.15, 0.2) is 5.78 Å². The van der Waals surface area contributed by atoms with Crippen molar-refractivity contribution in [1.29, 1.82) is 0 Å². The maximum atomic E-state index is 12.4. The first-order valence-corrected chi connectivity index (χ1v) is 7.35. The minimum atomic E-state index is -1.61. The van der Waals surface area contributed by atoms with Gasteiger partial charge in [0.05, 0.1) is 6.10 Å². The van der Waals surface area contributed by atoms with Crippen LogP contribution in [-0.2, 0) is 9.59 Å². The largest absolute Gasteiger partial charge is 0.393 e. The molecule has 0 aromatic heterocycles. The summed E-state index contributed by atoms with van der Waals surface area (Å²) in [6.45, 7) is 10.4. The highest BCUT2D eigenvalue weighted by Crippen LogP contribution is 2.30. The van der Waals surface area contributed by atoms with Crippen molar-refractivity contribution in [3.63, 3.8) is 0 Å². The number of carbonyl (C=O) groups is 2. The summed E-state index contributed by atoms with van der Waals surface area (Å²) in [5.74, 6) is -0.358. The summed E-state index contributed by atoms with van der Waals surface area (Å²) in [6, 6.07) is 0. The molecule has 0 spiro atoms. The molecule has 0 saturated heterocycles. The minimum absolute atomic E-state index is 0.147. The van der Waals surface area contributed by atoms with Gasteiger partial charge in [-0.05, 0) is 32.1 Å². The topological polar surface area (TPSA) is 74.6 Å². The molecule has 0 aliphatic rings. The lowest BCUT2D eigenvalue weighted by Crippen LogP contribution is -2.46. The Hall–Kier alpha value is -0.740. The van der Waals surface area contributed by atoms with Crippen LogP contribution in [0.3, 0.4) is 0 Å². The molecule has 2 atom stereocenters. The molecule has 0 aliphatic carbocycles. The van der Waals surface area contributed by atoms with Gasteiger partial charge in [-0.3, -0.25) is 9.59 Å². The van der Waals surface area contributed by atoms with Gasteiger partial charge in [0.2, 0.25) is 0 Å². The molecule has 0 aromatic carbocycles. The van der Waals surface area contributed by atoms with Crippen LogP contribution in [0.25, 0.3) is 0 Å². The van der Waals surface area contributed by atoms with Gasteiger partial charge in [0, 0.05) is 11.8 Å². The number of aliphatic hydroxyl groups excluding tert-OH is 1. The first-order chi connectivity index (χ1) is 8.90. The quantitative estimate of drug-likeness (QED) is 0.719. The highest BCUT2D eigenvalue weighted by molar-refractivity contribution is 5.95. The zero-order valence-corrected chi connectivity index (χ0v) is 13.7. The number of rotatable bonds is 8. The molecule has 4 heteroatoms. The van der Waals surface area contributed by atoms with Crippen LogP contribution in [0.1, 0.15) is 67.2 Å². The Morgan fingerprint density at radius 1 is 1.15 bits per heavy atom. The van der Waals surface area contributed by atoms with E-state index in [1.165, 1.54) is 6.92 Å². The first-order valence-electron chi connectivity index (χ1n) is 7.35. The average molecular weight is 286 g/mol. The molecule has 0 aliphatic heterocycles. The Morgan fingerprint density at radius 2 is 1.65 bits per heavy atom. The van der Waals surface area contributed by atoms with Gasteiger partial charge in [0.1, 0.15) is 11.4 Å². The van der Waals surface area contributed by atoms with Crippen LogP contribution < -0.4 is 0 Å². The predicted octanol–water partition coefficient (Wildman–Crippen LogP) is 2.50. The SMILES string of the molecule is CC(=O)CC(O)(CCC[C@H](O)C(C)C)C(=O)C(C)(C)C. The second-order valence-electron chi connectivity index (χ2n) is 7.19. The molecule has 20 heavy (non-hydrogen) atoms. The summed E-state index contributed by atoms with van der Waals surface area (Å²) in [5.41, 5.74) is -2.30. The average Bonchev–Trinajstić information content (AvgIpc) is 2.25. The highest BCUT2D eigenvalue weighted by Gasteiger charge is 2.42. The van der Waals surface area contributed by atoms with Crippen molar-refractivity contribution >= 4 is 11.6 Å². The molecule has 0 rings (SSSR count). The van der Waals surface area contributed by atoms with Crippen LogP contribution in [0, 0.1) is 11.3 Å². The predicted molar refractivity (Wildman–Crippen MR) is 79.4 cm³/mol. The van der Waals surface area contributed by atoms with E-state index in [9.17, 15) is 19.8 Å². The van der Waals surface area contributed by atoms with Gasteiger partial charge in [-0.2, -0.15) is 0 Å². The molecule has 0 amide bonds. The molecule has 0 heterocycles. The first kappa shape index (κ1) is 19.3. The summed E-state index contributed by atoms with van der Waals surface area (Å²) in [6.07, 6.45) is 0.662. The third-order valence-corrected chi connectivity index (χ3v) is 3.51. The molecule has 0 aromatic rings. The number of hydrogen-bond donors (Lipinski definition) is 2. The molecule has 118 valence electrons. The van der Waals surface area contributed by atoms with Gasteiger partial charge < -0.3 is 10.2 Å². The molecular weight excluding hydrogens is 256 g/mol. The van der Waals surface area contributed by atoms with Gasteiger partial charge in [-0.15, -0.1) is 0 Å². The molecule has 4 nitrogen and oxygen atoms in total. The van der Waals surface area contributed by atoms with Crippen LogP contribution in [0.15, 0.2) is 0 Å². The molecule has 1 unspecified atom stereocenters. The second-order valence-corrected chi connectivity index (χ2v) is 7.19. The van der Waals surface area contributed by atoms with E-state index in [-0.39, 0.29) is 30.3 Å². The Balaban J connectivity index is 4.81. The molecule has 0 fully saturated rings. The Labute approximate surface area is 122 Å². The second kappa shape index (κ2) is 7.32. The van der Waals surface area contributed by atoms with Crippen molar-refractivity contribution in [2.45, 2.75) is 78.9 Å². The summed E-state index contributed by atoms with van der Waals surface area (Å²) in [5, 5.41) is 20.4. The van der Waals surface area contributed by atoms with Gasteiger partial charge in [-0.25, -0.2) is 0 Å². The molecule has 0 saturated carbocycles. The lowest BCUT2D eigenvalue weighted by Gasteiger charge is -2.32. The lowest BCUT2D eigenvalue weighted by atomic mass is 9.75. The van der Waals surface area contributed by atoms with Crippen LogP contribution in [-0.4, -0.2) is 33.5 Å². The fourth-order valence-corrected chi connectivity index (χ4v) is 2.33. The Bertz CT molecular complexity index is 341. The highest BCUT2D eigenvalue weighted by atomic mass is 16.3. The standard InChI is InChI=1S/C16H30O4/c1-11(2)13(18)8-7-9-16(20,10-12(3)17)14(19)15(4,5)6/h11,13,18,20H,7-10H2,1-6H3/t13-,16?/m0/s1. The monoisotopic (exact) mass is 286 g/mol. The summed E-state index contributed by atoms with van der Waals surface area (Å²) >= 11 is 0. The Kier molecular flexibility index (Phi) is 7.05. The molecule has 0 bridgehead atoms. The van der Waals surface area contributed by atoms with Crippen molar-refractivity contribution in [2.24, 2.45) is 11.3 Å². The van der Waals surface area contributed by atoms with E-state index >= 15 is 0 Å². The van der Waals surface area contributed by atoms with Crippen molar-refractivity contribution in [3.05, 3.63) is 0 Å². The summed E-state index contributed by atoms with van der Waals surface area (Å²) in [7, 11) is 0. The third kappa shape index (κ3) is 6.14. The fourth-order valence-electron chi connectivity index (χ4n) is 2.33. The summed E-state index contributed by atoms with van der Waals surface area (Å²) < 4.78 is 0. The number of ketones is 2. The van der Waals surface area contributed by atoms with Crippen molar-refractivity contribution in [3.8, 4) is 0 Å². The van der Waals surface area contributed by atoms with Crippen LogP contribution in [0.2, 0.25) is 0 Å². The number of Topliss-reactive ketones (excluding diaryl/α,β-unsaturated/α-hetero) is 2. The van der Waals surface area contributed by atoms with Crippen molar-refractivity contribution < 1.29 is 19.8 Å². The normalized spacial score (nSPS) is 16.9. The van der Waals surface area contributed by atoms with E-state index in [0.29, 0.717) is 12.8 Å². The van der Waals surface area contributed by atoms with E-state index < -0.39 is 17.1 Å². The van der Waals surface area contributed by atoms with Gasteiger partial charge in [0.25, 0.3) is 0 Å². The maximum Gasteiger partial charge on any atom is 0.170 e. The van der Waals surface area contributed by atoms with Crippen LogP contribution in [0.5, 0.6) is 0 Å². The zero-order chi connectivity index (χ0) is 16.1. The van der Waals surface area contributed by atoms with Crippen molar-refractivity contribution in [1.82, 2.24) is 0 Å². The lowest BCUT2D eigenvalue weighted by molar-refractivity contribution is -0.150. The smallest absolute Gasteiger partial charge is 0.170 e. The fraction of sp³-hybridized carbons (Fsp3) is 0.875. The summed E-state index contributed by atoms with van der Waals surface area (Å²) in [4.78, 5) is 23.7. The van der Waals surface area contributed by atoms with E-state index in [1.54, 1.807) is 20.8 Å². The van der Waals surface area contributed by atoms with Crippen molar-refractivity contribution in [2.75, 3.05) is 0 Å². The van der Waals surface area contributed by atoms with Gasteiger partial charge >= 0.3 is 0 Å². The maximum absolute atomic E-state index is 12.4. The number of aliphatic hydroxyl groups is 2. The van der Waals surface area contributed by atoms with E-state index in [4.69, 9.17) is 0 Å². The van der Waals surface area contributed by atoms with E-state index in [2.05, 4.69) is 0 Å². The molecular formula is C16H30O4. The number of hydrogen-bond acceptors (Lipinski definition) is 4. The van der Waals surface area contributed by atoms with E-state index in [0.717, 1.165) is 0 Å². The molecule has 2 N–H and O–H groups in total. The molecule has 0 radical (unpaired) electrons. The van der Waals surface area contributed by atoms with E-state index in [1.807, 2.05) is 13.8 Å².